The minimum Gasteiger partial charge on any atom is -0.353 e. The summed E-state index contributed by atoms with van der Waals surface area (Å²) in [6.07, 6.45) is 4.39. The van der Waals surface area contributed by atoms with Crippen molar-refractivity contribution in [3.8, 4) is 0 Å². The van der Waals surface area contributed by atoms with Gasteiger partial charge in [-0.3, -0.25) is 4.79 Å². The molecule has 1 amide bonds. The van der Waals surface area contributed by atoms with Crippen LogP contribution in [0.3, 0.4) is 0 Å². The molecule has 2 rings (SSSR count). The average Bonchev–Trinajstić information content (AvgIpc) is 2.26. The molecule has 1 atom stereocenters. The van der Waals surface area contributed by atoms with Gasteiger partial charge in [0.25, 0.3) is 0 Å². The Morgan fingerprint density at radius 3 is 2.75 bits per heavy atom. The molecule has 68 valence electrons. The molecular formula is C10H17NO. The van der Waals surface area contributed by atoms with Crippen LogP contribution in [0.25, 0.3) is 0 Å². The molecule has 2 heteroatoms. The van der Waals surface area contributed by atoms with E-state index in [1.165, 1.54) is 12.8 Å². The maximum absolute atomic E-state index is 11.2. The van der Waals surface area contributed by atoms with Gasteiger partial charge in [0.15, 0.2) is 0 Å². The number of carbonyl (C=O) groups excluding carboxylic acids is 1. The molecule has 0 aromatic heterocycles. The molecule has 2 fully saturated rings. The number of rotatable bonds is 1. The maximum Gasteiger partial charge on any atom is 0.220 e. The van der Waals surface area contributed by atoms with Gasteiger partial charge in [0.2, 0.25) is 5.91 Å². The third-order valence-corrected chi connectivity index (χ3v) is 3.51. The number of hydrogen-bond acceptors (Lipinski definition) is 1. The second kappa shape index (κ2) is 2.48. The standard InChI is InChI=1S/C10H17NO/c1-3-8-10(4-7(2)5-10)6-9(12)11-8/h7-8H,3-6H2,1-2H3,(H,11,12). The lowest BCUT2D eigenvalue weighted by Crippen LogP contribution is -2.45. The molecule has 1 saturated heterocycles. The first kappa shape index (κ1) is 8.09. The Kier molecular flexibility index (Phi) is 1.67. The van der Waals surface area contributed by atoms with Crippen LogP contribution in [0.5, 0.6) is 0 Å². The van der Waals surface area contributed by atoms with Gasteiger partial charge in [0, 0.05) is 12.5 Å². The minimum absolute atomic E-state index is 0.272. The highest BCUT2D eigenvalue weighted by Crippen LogP contribution is 2.53. The van der Waals surface area contributed by atoms with Gasteiger partial charge in [-0.2, -0.15) is 0 Å². The van der Waals surface area contributed by atoms with Crippen LogP contribution in [0.15, 0.2) is 0 Å². The van der Waals surface area contributed by atoms with Crippen LogP contribution in [-0.4, -0.2) is 11.9 Å². The molecule has 2 aliphatic rings. The van der Waals surface area contributed by atoms with Gasteiger partial charge in [0.05, 0.1) is 0 Å². The molecular weight excluding hydrogens is 150 g/mol. The van der Waals surface area contributed by atoms with E-state index in [-0.39, 0.29) is 5.91 Å². The van der Waals surface area contributed by atoms with Crippen molar-refractivity contribution >= 4 is 5.91 Å². The van der Waals surface area contributed by atoms with Crippen molar-refractivity contribution < 1.29 is 4.79 Å². The van der Waals surface area contributed by atoms with Crippen molar-refractivity contribution in [3.05, 3.63) is 0 Å². The summed E-state index contributed by atoms with van der Waals surface area (Å²) in [5.74, 6) is 1.11. The minimum atomic E-state index is 0.272. The van der Waals surface area contributed by atoms with Gasteiger partial charge in [0.1, 0.15) is 0 Å². The Hall–Kier alpha value is -0.530. The number of hydrogen-bond donors (Lipinski definition) is 1. The Morgan fingerprint density at radius 2 is 2.25 bits per heavy atom. The van der Waals surface area contributed by atoms with Crippen molar-refractivity contribution in [3.63, 3.8) is 0 Å². The zero-order valence-electron chi connectivity index (χ0n) is 7.89. The Morgan fingerprint density at radius 1 is 1.58 bits per heavy atom. The van der Waals surface area contributed by atoms with Gasteiger partial charge in [-0.05, 0) is 30.6 Å². The summed E-state index contributed by atoms with van der Waals surface area (Å²) in [5.41, 5.74) is 0.366. The highest BCUT2D eigenvalue weighted by Gasteiger charge is 2.52. The normalized spacial score (nSPS) is 46.0. The number of amides is 1. The van der Waals surface area contributed by atoms with E-state index in [0.717, 1.165) is 18.8 Å². The van der Waals surface area contributed by atoms with Crippen LogP contribution in [-0.2, 0) is 4.79 Å². The molecule has 0 bridgehead atoms. The molecule has 1 aliphatic heterocycles. The molecule has 0 radical (unpaired) electrons. The molecule has 1 heterocycles. The van der Waals surface area contributed by atoms with Gasteiger partial charge < -0.3 is 5.32 Å². The van der Waals surface area contributed by atoms with Crippen molar-refractivity contribution in [2.24, 2.45) is 11.3 Å². The van der Waals surface area contributed by atoms with Crippen molar-refractivity contribution in [1.29, 1.82) is 0 Å². The highest BCUT2D eigenvalue weighted by molar-refractivity contribution is 5.80. The lowest BCUT2D eigenvalue weighted by Gasteiger charge is -2.46. The Balaban J connectivity index is 2.09. The summed E-state index contributed by atoms with van der Waals surface area (Å²) in [6, 6.07) is 0.473. The van der Waals surface area contributed by atoms with Crippen LogP contribution in [0.1, 0.15) is 39.5 Å². The van der Waals surface area contributed by atoms with Gasteiger partial charge >= 0.3 is 0 Å². The average molecular weight is 167 g/mol. The molecule has 2 nitrogen and oxygen atoms in total. The molecule has 1 unspecified atom stereocenters. The second-order valence-corrected chi connectivity index (χ2v) is 4.58. The summed E-state index contributed by atoms with van der Waals surface area (Å²) < 4.78 is 0. The number of carbonyl (C=O) groups is 1. The topological polar surface area (TPSA) is 29.1 Å². The fourth-order valence-corrected chi connectivity index (χ4v) is 3.13. The maximum atomic E-state index is 11.2. The van der Waals surface area contributed by atoms with E-state index in [4.69, 9.17) is 0 Å². The Labute approximate surface area is 73.7 Å². The SMILES string of the molecule is CCC1NC(=O)CC12CC(C)C2. The fraction of sp³-hybridized carbons (Fsp3) is 0.900. The van der Waals surface area contributed by atoms with E-state index in [2.05, 4.69) is 19.2 Å². The third-order valence-electron chi connectivity index (χ3n) is 3.51. The highest BCUT2D eigenvalue weighted by atomic mass is 16.2. The first-order valence-electron chi connectivity index (χ1n) is 4.95. The molecule has 0 aromatic rings. The van der Waals surface area contributed by atoms with Crippen molar-refractivity contribution in [2.75, 3.05) is 0 Å². The molecule has 1 spiro atoms. The van der Waals surface area contributed by atoms with E-state index in [1.54, 1.807) is 0 Å². The second-order valence-electron chi connectivity index (χ2n) is 4.58. The number of nitrogens with one attached hydrogen (secondary N) is 1. The first-order valence-corrected chi connectivity index (χ1v) is 4.95. The molecule has 1 aliphatic carbocycles. The molecule has 1 saturated carbocycles. The van der Waals surface area contributed by atoms with E-state index in [0.29, 0.717) is 11.5 Å². The smallest absolute Gasteiger partial charge is 0.220 e. The van der Waals surface area contributed by atoms with Crippen LogP contribution >= 0.6 is 0 Å². The van der Waals surface area contributed by atoms with Crippen molar-refractivity contribution in [2.45, 2.75) is 45.6 Å². The predicted molar refractivity (Wildman–Crippen MR) is 47.7 cm³/mol. The fourth-order valence-electron chi connectivity index (χ4n) is 3.13. The lowest BCUT2D eigenvalue weighted by molar-refractivity contribution is -0.120. The summed E-state index contributed by atoms with van der Waals surface area (Å²) in [6.45, 7) is 4.45. The van der Waals surface area contributed by atoms with Gasteiger partial charge in [-0.15, -0.1) is 0 Å². The molecule has 1 N–H and O–H groups in total. The van der Waals surface area contributed by atoms with Crippen molar-refractivity contribution in [1.82, 2.24) is 5.32 Å². The van der Waals surface area contributed by atoms with Crippen LogP contribution in [0, 0.1) is 11.3 Å². The zero-order chi connectivity index (χ0) is 8.77. The van der Waals surface area contributed by atoms with Crippen LogP contribution < -0.4 is 5.32 Å². The van der Waals surface area contributed by atoms with E-state index in [1.807, 2.05) is 0 Å². The summed E-state index contributed by atoms with van der Waals surface area (Å²) in [7, 11) is 0. The quantitative estimate of drug-likeness (QED) is 0.632. The Bertz CT molecular complexity index is 206. The van der Waals surface area contributed by atoms with Gasteiger partial charge in [-0.1, -0.05) is 13.8 Å². The van der Waals surface area contributed by atoms with E-state index in [9.17, 15) is 4.79 Å². The monoisotopic (exact) mass is 167 g/mol. The third kappa shape index (κ3) is 0.970. The van der Waals surface area contributed by atoms with E-state index < -0.39 is 0 Å². The molecule has 0 aromatic carbocycles. The molecule has 12 heavy (non-hydrogen) atoms. The van der Waals surface area contributed by atoms with E-state index >= 15 is 0 Å². The first-order chi connectivity index (χ1) is 5.66. The summed E-state index contributed by atoms with van der Waals surface area (Å²) in [4.78, 5) is 11.2. The summed E-state index contributed by atoms with van der Waals surface area (Å²) >= 11 is 0. The lowest BCUT2D eigenvalue weighted by atomic mass is 9.58. The van der Waals surface area contributed by atoms with Crippen LogP contribution in [0.2, 0.25) is 0 Å². The summed E-state index contributed by atoms with van der Waals surface area (Å²) in [5, 5.41) is 3.08. The predicted octanol–water partition coefficient (Wildman–Crippen LogP) is 1.70. The largest absolute Gasteiger partial charge is 0.353 e. The van der Waals surface area contributed by atoms with Crippen LogP contribution in [0.4, 0.5) is 0 Å². The zero-order valence-corrected chi connectivity index (χ0v) is 7.89. The van der Waals surface area contributed by atoms with Gasteiger partial charge in [-0.25, -0.2) is 0 Å².